The molecule has 0 amide bonds. The molecule has 0 radical (unpaired) electrons. The summed E-state index contributed by atoms with van der Waals surface area (Å²) < 4.78 is 0. The first-order chi connectivity index (χ1) is 7.70. The van der Waals surface area contributed by atoms with Gasteiger partial charge in [0.25, 0.3) is 0 Å². The molecule has 0 saturated carbocycles. The first kappa shape index (κ1) is 12.1. The van der Waals surface area contributed by atoms with Gasteiger partial charge in [-0.3, -0.25) is 0 Å². The first-order valence-corrected chi connectivity index (χ1v) is 6.82. The van der Waals surface area contributed by atoms with Gasteiger partial charge in [-0.25, -0.2) is 0 Å². The zero-order valence-electron chi connectivity index (χ0n) is 9.66. The van der Waals surface area contributed by atoms with E-state index in [1.54, 1.807) is 0 Å². The average molecular weight is 257 g/mol. The normalized spacial score (nSPS) is 19.7. The largest absolute Gasteiger partial charge is 0.368 e. The van der Waals surface area contributed by atoms with Crippen LogP contribution in [0.4, 0.5) is 5.69 Å². The first-order valence-electron chi connectivity index (χ1n) is 5.56. The summed E-state index contributed by atoms with van der Waals surface area (Å²) in [5.74, 6) is 0. The van der Waals surface area contributed by atoms with Crippen LogP contribution < -0.4 is 10.2 Å². The predicted molar refractivity (Wildman–Crippen MR) is 72.9 cm³/mol. The van der Waals surface area contributed by atoms with Gasteiger partial charge in [-0.2, -0.15) is 0 Å². The molecule has 0 saturated heterocycles. The Hall–Kier alpha value is -0.380. The number of nitrogens with one attached hydrogen (secondary N) is 1. The van der Waals surface area contributed by atoms with Crippen molar-refractivity contribution < 1.29 is 0 Å². The van der Waals surface area contributed by atoms with Gasteiger partial charge in [0.2, 0.25) is 0 Å². The summed E-state index contributed by atoms with van der Waals surface area (Å²) in [5.41, 5.74) is 1.28. The van der Waals surface area contributed by atoms with Crippen molar-refractivity contribution in [2.75, 3.05) is 31.6 Å². The van der Waals surface area contributed by atoms with Crippen molar-refractivity contribution >= 4 is 29.1 Å². The van der Waals surface area contributed by atoms with Gasteiger partial charge in [0, 0.05) is 34.8 Å². The standard InChI is InChI=1S/C12H17ClN2S/c1-9-8-15(6-5-14-2)11-7-10(13)3-4-12(11)16-9/h3-4,7,9,14H,5-6,8H2,1-2H3. The van der Waals surface area contributed by atoms with Gasteiger partial charge in [-0.15, -0.1) is 11.8 Å². The van der Waals surface area contributed by atoms with E-state index in [9.17, 15) is 0 Å². The molecular formula is C12H17ClN2S. The molecule has 1 N–H and O–H groups in total. The van der Waals surface area contributed by atoms with Gasteiger partial charge in [-0.05, 0) is 25.2 Å². The summed E-state index contributed by atoms with van der Waals surface area (Å²) in [6.07, 6.45) is 0. The SMILES string of the molecule is CNCCN1CC(C)Sc2ccc(Cl)cc21. The number of rotatable bonds is 3. The van der Waals surface area contributed by atoms with E-state index in [2.05, 4.69) is 29.3 Å². The van der Waals surface area contributed by atoms with E-state index < -0.39 is 0 Å². The number of thioether (sulfide) groups is 1. The lowest BCUT2D eigenvalue weighted by Crippen LogP contribution is -2.37. The van der Waals surface area contributed by atoms with Crippen LogP contribution in [0.3, 0.4) is 0 Å². The van der Waals surface area contributed by atoms with Gasteiger partial charge >= 0.3 is 0 Å². The number of benzene rings is 1. The number of halogens is 1. The molecule has 1 unspecified atom stereocenters. The van der Waals surface area contributed by atoms with Crippen molar-refractivity contribution in [1.82, 2.24) is 5.32 Å². The van der Waals surface area contributed by atoms with Gasteiger partial charge in [0.1, 0.15) is 0 Å². The third-order valence-corrected chi connectivity index (χ3v) is 4.08. The molecule has 4 heteroatoms. The lowest BCUT2D eigenvalue weighted by Gasteiger charge is -2.34. The molecule has 0 fully saturated rings. The Morgan fingerprint density at radius 3 is 3.12 bits per heavy atom. The Labute approximate surface area is 106 Å². The highest BCUT2D eigenvalue weighted by molar-refractivity contribution is 8.00. The second kappa shape index (κ2) is 5.30. The molecule has 16 heavy (non-hydrogen) atoms. The zero-order valence-corrected chi connectivity index (χ0v) is 11.2. The molecule has 2 nitrogen and oxygen atoms in total. The monoisotopic (exact) mass is 256 g/mol. The van der Waals surface area contributed by atoms with Gasteiger partial charge in [0.15, 0.2) is 0 Å². The summed E-state index contributed by atoms with van der Waals surface area (Å²) in [4.78, 5) is 3.76. The van der Waals surface area contributed by atoms with Crippen LogP contribution in [0.15, 0.2) is 23.1 Å². The summed E-state index contributed by atoms with van der Waals surface area (Å²) in [5, 5.41) is 4.66. The third-order valence-electron chi connectivity index (χ3n) is 2.70. The van der Waals surface area contributed by atoms with Crippen molar-refractivity contribution in [3.8, 4) is 0 Å². The zero-order chi connectivity index (χ0) is 11.5. The highest BCUT2D eigenvalue weighted by atomic mass is 35.5. The minimum Gasteiger partial charge on any atom is -0.368 e. The molecule has 2 rings (SSSR count). The highest BCUT2D eigenvalue weighted by Crippen LogP contribution is 2.39. The Bertz CT molecular complexity index is 370. The van der Waals surface area contributed by atoms with Crippen molar-refractivity contribution in [3.05, 3.63) is 23.2 Å². The Morgan fingerprint density at radius 1 is 1.56 bits per heavy atom. The maximum Gasteiger partial charge on any atom is 0.0520 e. The summed E-state index contributed by atoms with van der Waals surface area (Å²) in [6, 6.07) is 6.18. The average Bonchev–Trinajstić information content (AvgIpc) is 2.26. The summed E-state index contributed by atoms with van der Waals surface area (Å²) in [7, 11) is 1.99. The maximum atomic E-state index is 6.06. The number of fused-ring (bicyclic) bond motifs is 1. The van der Waals surface area contributed by atoms with Crippen LogP contribution in [0.25, 0.3) is 0 Å². The lowest BCUT2D eigenvalue weighted by atomic mass is 10.2. The van der Waals surface area contributed by atoms with Crippen LogP contribution in [0, 0.1) is 0 Å². The van der Waals surface area contributed by atoms with Crippen LogP contribution in [-0.4, -0.2) is 31.9 Å². The van der Waals surface area contributed by atoms with E-state index in [1.807, 2.05) is 24.9 Å². The Balaban J connectivity index is 2.24. The lowest BCUT2D eigenvalue weighted by molar-refractivity contribution is 0.704. The van der Waals surface area contributed by atoms with Crippen molar-refractivity contribution in [2.45, 2.75) is 17.1 Å². The molecule has 0 aliphatic carbocycles. The molecule has 88 valence electrons. The van der Waals surface area contributed by atoms with E-state index in [0.29, 0.717) is 5.25 Å². The third kappa shape index (κ3) is 2.65. The molecule has 1 aromatic rings. The van der Waals surface area contributed by atoms with E-state index in [-0.39, 0.29) is 0 Å². The molecule has 1 atom stereocenters. The fraction of sp³-hybridized carbons (Fsp3) is 0.500. The van der Waals surface area contributed by atoms with Crippen LogP contribution in [-0.2, 0) is 0 Å². The van der Waals surface area contributed by atoms with E-state index in [1.165, 1.54) is 10.6 Å². The number of hydrogen-bond donors (Lipinski definition) is 1. The van der Waals surface area contributed by atoms with Crippen LogP contribution in [0.5, 0.6) is 0 Å². The smallest absolute Gasteiger partial charge is 0.0520 e. The quantitative estimate of drug-likeness (QED) is 0.895. The van der Waals surface area contributed by atoms with Crippen LogP contribution in [0.2, 0.25) is 5.02 Å². The molecule has 0 spiro atoms. The van der Waals surface area contributed by atoms with E-state index in [0.717, 1.165) is 24.7 Å². The van der Waals surface area contributed by atoms with E-state index in [4.69, 9.17) is 11.6 Å². The fourth-order valence-corrected chi connectivity index (χ4v) is 3.27. The second-order valence-electron chi connectivity index (χ2n) is 4.09. The number of likely N-dealkylation sites (N-methyl/N-ethyl adjacent to an activating group) is 1. The summed E-state index contributed by atoms with van der Waals surface area (Å²) >= 11 is 8.00. The molecule has 1 aliphatic heterocycles. The van der Waals surface area contributed by atoms with Crippen LogP contribution >= 0.6 is 23.4 Å². The molecule has 1 aliphatic rings. The number of nitrogens with zero attached hydrogens (tertiary/aromatic N) is 1. The van der Waals surface area contributed by atoms with Gasteiger partial charge in [-0.1, -0.05) is 18.5 Å². The Morgan fingerprint density at radius 2 is 2.38 bits per heavy atom. The minimum absolute atomic E-state index is 0.644. The van der Waals surface area contributed by atoms with Crippen LogP contribution in [0.1, 0.15) is 6.92 Å². The molecule has 0 aromatic heterocycles. The topological polar surface area (TPSA) is 15.3 Å². The second-order valence-corrected chi connectivity index (χ2v) is 6.01. The minimum atomic E-state index is 0.644. The number of anilines is 1. The van der Waals surface area contributed by atoms with Gasteiger partial charge < -0.3 is 10.2 Å². The predicted octanol–water partition coefficient (Wildman–Crippen LogP) is 2.86. The van der Waals surface area contributed by atoms with Crippen molar-refractivity contribution in [1.29, 1.82) is 0 Å². The summed E-state index contributed by atoms with van der Waals surface area (Å²) in [6.45, 7) is 5.41. The molecule has 1 aromatic carbocycles. The molecule has 0 bridgehead atoms. The Kier molecular flexibility index (Phi) is 4.00. The number of hydrogen-bond acceptors (Lipinski definition) is 3. The fourth-order valence-electron chi connectivity index (χ4n) is 1.96. The molecule has 1 heterocycles. The highest BCUT2D eigenvalue weighted by Gasteiger charge is 2.21. The van der Waals surface area contributed by atoms with Crippen molar-refractivity contribution in [2.24, 2.45) is 0 Å². The maximum absolute atomic E-state index is 6.06. The molecular weight excluding hydrogens is 240 g/mol. The van der Waals surface area contributed by atoms with Gasteiger partial charge in [0.05, 0.1) is 5.69 Å². The van der Waals surface area contributed by atoms with E-state index >= 15 is 0 Å². The van der Waals surface area contributed by atoms with Crippen molar-refractivity contribution in [3.63, 3.8) is 0 Å².